The van der Waals surface area contributed by atoms with Gasteiger partial charge in [0, 0.05) is 34.1 Å². The molecular weight excluding hydrogens is 497 g/mol. The number of halogens is 2. The van der Waals surface area contributed by atoms with Crippen LogP contribution in [0.15, 0.2) is 59.8 Å². The highest BCUT2D eigenvalue weighted by Gasteiger charge is 2.32. The summed E-state index contributed by atoms with van der Waals surface area (Å²) in [6.45, 7) is 1.61. The lowest BCUT2D eigenvalue weighted by Gasteiger charge is -2.12. The normalized spacial score (nSPS) is 12.9. The minimum Gasteiger partial charge on any atom is -0.493 e. The van der Waals surface area contributed by atoms with Crippen LogP contribution in [0.1, 0.15) is 16.7 Å². The zero-order valence-corrected chi connectivity index (χ0v) is 21.9. The van der Waals surface area contributed by atoms with Crippen LogP contribution >= 0.6 is 12.4 Å². The molecular formula is C28H29ClFN3O4. The third kappa shape index (κ3) is 5.21. The van der Waals surface area contributed by atoms with E-state index in [2.05, 4.69) is 15.0 Å². The third-order valence-corrected chi connectivity index (χ3v) is 6.16. The molecule has 1 aliphatic rings. The second kappa shape index (κ2) is 11.1. The maximum Gasteiger partial charge on any atom is 0.161 e. The van der Waals surface area contributed by atoms with Gasteiger partial charge in [0.25, 0.3) is 0 Å². The molecule has 1 aliphatic carbocycles. The molecule has 0 unspecified atom stereocenters. The molecule has 0 fully saturated rings. The average molecular weight is 526 g/mol. The number of methoxy groups -OCH3 is 2. The highest BCUT2D eigenvalue weighted by Crippen LogP contribution is 2.46. The number of nitrogens with zero attached hydrogens (tertiary/aromatic N) is 2. The van der Waals surface area contributed by atoms with E-state index in [1.54, 1.807) is 26.4 Å². The van der Waals surface area contributed by atoms with Gasteiger partial charge in [0.2, 0.25) is 0 Å². The number of rotatable bonds is 9. The van der Waals surface area contributed by atoms with Crippen molar-refractivity contribution in [1.82, 2.24) is 9.88 Å². The van der Waals surface area contributed by atoms with Gasteiger partial charge in [-0.1, -0.05) is 17.3 Å². The molecule has 1 heterocycles. The first-order chi connectivity index (χ1) is 17.5. The van der Waals surface area contributed by atoms with Gasteiger partial charge in [-0.05, 0) is 62.1 Å². The van der Waals surface area contributed by atoms with E-state index < -0.39 is 0 Å². The van der Waals surface area contributed by atoms with Gasteiger partial charge in [0.05, 0.1) is 19.9 Å². The summed E-state index contributed by atoms with van der Waals surface area (Å²) in [4.78, 5) is 11.4. The summed E-state index contributed by atoms with van der Waals surface area (Å²) in [7, 11) is 7.25. The van der Waals surface area contributed by atoms with Crippen molar-refractivity contribution in [2.75, 3.05) is 41.5 Å². The Morgan fingerprint density at radius 1 is 0.919 bits per heavy atom. The Hall–Kier alpha value is -3.75. The van der Waals surface area contributed by atoms with E-state index >= 15 is 0 Å². The van der Waals surface area contributed by atoms with Crippen LogP contribution in [0.25, 0.3) is 22.2 Å². The van der Waals surface area contributed by atoms with Crippen LogP contribution in [0.3, 0.4) is 0 Å². The van der Waals surface area contributed by atoms with Crippen LogP contribution in [-0.2, 0) is 11.4 Å². The molecule has 5 rings (SSSR count). The van der Waals surface area contributed by atoms with E-state index in [9.17, 15) is 4.39 Å². The van der Waals surface area contributed by atoms with Crippen LogP contribution < -0.4 is 14.2 Å². The Kier molecular flexibility index (Phi) is 7.90. The van der Waals surface area contributed by atoms with Crippen LogP contribution in [0.5, 0.6) is 17.2 Å². The Morgan fingerprint density at radius 2 is 1.62 bits per heavy atom. The first-order valence-corrected chi connectivity index (χ1v) is 11.6. The SMILES string of the molecule is COc1cc2c(cc1OC)-c1[nH]c3ccc(OCCN(C)C)cc3c1C2=NOCc1ccc(F)cc1.Cl. The van der Waals surface area contributed by atoms with Crippen LogP contribution in [0.4, 0.5) is 4.39 Å². The number of likely N-dealkylation sites (N-methyl/N-ethyl adjacent to an activating group) is 1. The molecule has 3 aromatic carbocycles. The topological polar surface area (TPSA) is 68.3 Å². The van der Waals surface area contributed by atoms with Crippen molar-refractivity contribution in [1.29, 1.82) is 0 Å². The van der Waals surface area contributed by atoms with E-state index in [-0.39, 0.29) is 24.8 Å². The largest absolute Gasteiger partial charge is 0.493 e. The summed E-state index contributed by atoms with van der Waals surface area (Å²) in [5, 5.41) is 5.53. The number of H-pyrrole nitrogens is 1. The van der Waals surface area contributed by atoms with Crippen molar-refractivity contribution >= 4 is 29.0 Å². The molecule has 7 nitrogen and oxygen atoms in total. The lowest BCUT2D eigenvalue weighted by Crippen LogP contribution is -2.19. The molecule has 0 atom stereocenters. The monoisotopic (exact) mass is 525 g/mol. The number of aromatic amines is 1. The lowest BCUT2D eigenvalue weighted by molar-refractivity contribution is 0.131. The number of ether oxygens (including phenoxy) is 3. The summed E-state index contributed by atoms with van der Waals surface area (Å²) in [5.41, 5.74) is 6.13. The second-order valence-electron chi connectivity index (χ2n) is 8.83. The van der Waals surface area contributed by atoms with E-state index in [0.717, 1.165) is 51.1 Å². The van der Waals surface area contributed by atoms with Crippen LogP contribution in [0, 0.1) is 5.82 Å². The molecule has 194 valence electrons. The summed E-state index contributed by atoms with van der Waals surface area (Å²) in [6, 6.07) is 16.0. The molecule has 0 spiro atoms. The predicted molar refractivity (Wildman–Crippen MR) is 145 cm³/mol. The number of nitrogens with one attached hydrogen (secondary N) is 1. The first-order valence-electron chi connectivity index (χ1n) is 11.6. The Bertz CT molecular complexity index is 1430. The van der Waals surface area contributed by atoms with Crippen LogP contribution in [0.2, 0.25) is 0 Å². The molecule has 0 radical (unpaired) electrons. The third-order valence-electron chi connectivity index (χ3n) is 6.16. The van der Waals surface area contributed by atoms with Crippen molar-refractivity contribution in [2.45, 2.75) is 6.61 Å². The van der Waals surface area contributed by atoms with Gasteiger partial charge in [-0.3, -0.25) is 0 Å². The number of hydrogen-bond acceptors (Lipinski definition) is 6. The quantitative estimate of drug-likeness (QED) is 0.252. The molecule has 0 saturated heterocycles. The molecule has 1 aromatic heterocycles. The molecule has 1 N–H and O–H groups in total. The number of benzene rings is 3. The van der Waals surface area contributed by atoms with Crippen molar-refractivity contribution in [3.05, 3.63) is 77.1 Å². The Labute approximate surface area is 221 Å². The van der Waals surface area contributed by atoms with Gasteiger partial charge >= 0.3 is 0 Å². The highest BCUT2D eigenvalue weighted by molar-refractivity contribution is 6.30. The van der Waals surface area contributed by atoms with E-state index in [1.807, 2.05) is 44.4 Å². The number of aromatic nitrogens is 1. The fourth-order valence-corrected chi connectivity index (χ4v) is 4.32. The summed E-state index contributed by atoms with van der Waals surface area (Å²) in [6.07, 6.45) is 0. The Balaban J connectivity index is 0.00000320. The molecule has 0 bridgehead atoms. The zero-order valence-electron chi connectivity index (χ0n) is 21.1. The molecule has 0 amide bonds. The summed E-state index contributed by atoms with van der Waals surface area (Å²) < 4.78 is 30.4. The zero-order chi connectivity index (χ0) is 25.2. The summed E-state index contributed by atoms with van der Waals surface area (Å²) >= 11 is 0. The molecule has 0 saturated carbocycles. The van der Waals surface area contributed by atoms with Crippen molar-refractivity contribution in [2.24, 2.45) is 5.16 Å². The fraction of sp³-hybridized carbons (Fsp3) is 0.250. The number of fused-ring (bicyclic) bond motifs is 5. The number of oxime groups is 1. The average Bonchev–Trinajstić information content (AvgIpc) is 3.38. The van der Waals surface area contributed by atoms with Gasteiger partial charge in [0.15, 0.2) is 11.5 Å². The maximum absolute atomic E-state index is 13.3. The minimum atomic E-state index is -0.289. The predicted octanol–water partition coefficient (Wildman–Crippen LogP) is 5.64. The minimum absolute atomic E-state index is 0. The smallest absolute Gasteiger partial charge is 0.161 e. The van der Waals surface area contributed by atoms with E-state index in [0.29, 0.717) is 23.8 Å². The van der Waals surface area contributed by atoms with E-state index in [1.165, 1.54) is 12.1 Å². The number of hydrogen-bond donors (Lipinski definition) is 1. The van der Waals surface area contributed by atoms with Crippen LogP contribution in [-0.4, -0.2) is 57.1 Å². The van der Waals surface area contributed by atoms with Gasteiger partial charge in [-0.2, -0.15) is 0 Å². The van der Waals surface area contributed by atoms with Crippen molar-refractivity contribution in [3.8, 4) is 28.5 Å². The van der Waals surface area contributed by atoms with Gasteiger partial charge in [-0.25, -0.2) is 4.39 Å². The molecule has 4 aromatic rings. The molecule has 9 heteroatoms. The van der Waals surface area contributed by atoms with E-state index in [4.69, 9.17) is 19.0 Å². The maximum atomic E-state index is 13.3. The van der Waals surface area contributed by atoms with Gasteiger partial charge in [0.1, 0.15) is 30.5 Å². The Morgan fingerprint density at radius 3 is 2.30 bits per heavy atom. The van der Waals surface area contributed by atoms with Gasteiger partial charge < -0.3 is 28.9 Å². The van der Waals surface area contributed by atoms with Crippen molar-refractivity contribution < 1.29 is 23.4 Å². The van der Waals surface area contributed by atoms with Crippen molar-refractivity contribution in [3.63, 3.8) is 0 Å². The molecule has 37 heavy (non-hydrogen) atoms. The highest BCUT2D eigenvalue weighted by atomic mass is 35.5. The second-order valence-corrected chi connectivity index (χ2v) is 8.83. The van der Waals surface area contributed by atoms with Gasteiger partial charge in [-0.15, -0.1) is 12.4 Å². The molecule has 0 aliphatic heterocycles. The summed E-state index contributed by atoms with van der Waals surface area (Å²) in [5.74, 6) is 1.72. The fourth-order valence-electron chi connectivity index (χ4n) is 4.32. The standard InChI is InChI=1S/C28H28FN3O4.ClH/c1-32(2)11-12-35-19-9-10-23-22(13-19)26-27(30-23)20-14-24(33-3)25(34-4)15-21(20)28(26)31-36-16-17-5-7-18(29)8-6-17;/h5-10,13-15,30H,11-12,16H2,1-4H3;1H. The first kappa shape index (κ1) is 26.3. The lowest BCUT2D eigenvalue weighted by atomic mass is 10.1.